The predicted octanol–water partition coefficient (Wildman–Crippen LogP) is 1.24. The number of benzene rings is 1. The van der Waals surface area contributed by atoms with E-state index in [1.165, 1.54) is 6.39 Å². The van der Waals surface area contributed by atoms with Crippen molar-refractivity contribution in [3.05, 3.63) is 30.2 Å². The minimum Gasteiger partial charge on any atom is -0.443 e. The molecule has 1 unspecified atom stereocenters. The van der Waals surface area contributed by atoms with Gasteiger partial charge in [0.2, 0.25) is 0 Å². The lowest BCUT2D eigenvalue weighted by atomic mass is 10.1. The van der Waals surface area contributed by atoms with Crippen LogP contribution in [-0.2, 0) is 0 Å². The fourth-order valence-corrected chi connectivity index (χ4v) is 2.34. The molecule has 1 saturated heterocycles. The zero-order chi connectivity index (χ0) is 13.2. The van der Waals surface area contributed by atoms with Gasteiger partial charge in [-0.25, -0.2) is 9.78 Å². The third-order valence-corrected chi connectivity index (χ3v) is 3.38. The Balaban J connectivity index is 1.77. The first-order chi connectivity index (χ1) is 9.28. The molecule has 0 bridgehead atoms. The normalized spacial score (nSPS) is 19.1. The van der Waals surface area contributed by atoms with Crippen LogP contribution < -0.4 is 11.1 Å². The third-order valence-electron chi connectivity index (χ3n) is 3.38. The Kier molecular flexibility index (Phi) is 3.08. The lowest BCUT2D eigenvalue weighted by Crippen LogP contribution is -2.30. The number of aromatic nitrogens is 1. The maximum absolute atomic E-state index is 11.8. The van der Waals surface area contributed by atoms with Gasteiger partial charge in [0.05, 0.1) is 6.04 Å². The van der Waals surface area contributed by atoms with Gasteiger partial charge in [0.25, 0.3) is 0 Å². The quantitative estimate of drug-likeness (QED) is 0.866. The van der Waals surface area contributed by atoms with E-state index in [2.05, 4.69) is 10.3 Å². The second-order valence-corrected chi connectivity index (χ2v) is 4.67. The van der Waals surface area contributed by atoms with Crippen LogP contribution in [0.1, 0.15) is 18.0 Å². The molecule has 1 atom stereocenters. The Morgan fingerprint density at radius 3 is 3.26 bits per heavy atom. The van der Waals surface area contributed by atoms with Crippen LogP contribution in [0.5, 0.6) is 0 Å². The van der Waals surface area contributed by atoms with Gasteiger partial charge in [-0.1, -0.05) is 6.07 Å². The monoisotopic (exact) mass is 260 g/mol. The average molecular weight is 260 g/mol. The van der Waals surface area contributed by atoms with Crippen LogP contribution >= 0.6 is 0 Å². The number of carbonyl (C=O) groups excluding carboxylic acids is 1. The Labute approximate surface area is 110 Å². The van der Waals surface area contributed by atoms with Crippen LogP contribution in [0.25, 0.3) is 11.1 Å². The van der Waals surface area contributed by atoms with Crippen molar-refractivity contribution >= 4 is 17.1 Å². The maximum atomic E-state index is 11.8. The first-order valence-electron chi connectivity index (χ1n) is 6.36. The summed E-state index contributed by atoms with van der Waals surface area (Å²) in [6.45, 7) is 1.96. The van der Waals surface area contributed by atoms with Crippen LogP contribution in [0, 0.1) is 0 Å². The number of hydrogen-bond donors (Lipinski definition) is 2. The topological polar surface area (TPSA) is 84.4 Å². The van der Waals surface area contributed by atoms with E-state index < -0.39 is 0 Å². The minimum absolute atomic E-state index is 0.000209. The zero-order valence-corrected chi connectivity index (χ0v) is 10.5. The van der Waals surface area contributed by atoms with Gasteiger partial charge in [0.1, 0.15) is 5.52 Å². The number of carbonyl (C=O) groups is 1. The lowest BCUT2D eigenvalue weighted by molar-refractivity contribution is 0.217. The van der Waals surface area contributed by atoms with Crippen molar-refractivity contribution in [3.63, 3.8) is 0 Å². The summed E-state index contributed by atoms with van der Waals surface area (Å²) >= 11 is 0. The fraction of sp³-hybridized carbons (Fsp3) is 0.385. The summed E-state index contributed by atoms with van der Waals surface area (Å²) in [7, 11) is 0. The summed E-state index contributed by atoms with van der Waals surface area (Å²) in [4.78, 5) is 17.7. The molecule has 3 rings (SSSR count). The molecule has 6 heteroatoms. The molecule has 2 aromatic rings. The van der Waals surface area contributed by atoms with Gasteiger partial charge in [-0.3, -0.25) is 0 Å². The fourth-order valence-electron chi connectivity index (χ4n) is 2.34. The van der Waals surface area contributed by atoms with Crippen molar-refractivity contribution in [3.8, 4) is 0 Å². The van der Waals surface area contributed by atoms with Crippen molar-refractivity contribution in [2.24, 2.45) is 5.73 Å². The number of hydrogen-bond acceptors (Lipinski definition) is 4. The third kappa shape index (κ3) is 2.26. The largest absolute Gasteiger partial charge is 0.443 e. The number of nitrogens with one attached hydrogen (secondary N) is 1. The molecule has 1 aromatic heterocycles. The number of nitrogens with zero attached hydrogens (tertiary/aromatic N) is 2. The van der Waals surface area contributed by atoms with Crippen LogP contribution in [0.3, 0.4) is 0 Å². The number of amides is 2. The summed E-state index contributed by atoms with van der Waals surface area (Å²) in [5.74, 6) is 0. The van der Waals surface area contributed by atoms with E-state index in [1.807, 2.05) is 18.2 Å². The van der Waals surface area contributed by atoms with Gasteiger partial charge >= 0.3 is 6.03 Å². The first kappa shape index (κ1) is 12.0. The van der Waals surface area contributed by atoms with E-state index in [1.54, 1.807) is 4.90 Å². The molecule has 1 aromatic carbocycles. The predicted molar refractivity (Wildman–Crippen MR) is 70.5 cm³/mol. The second kappa shape index (κ2) is 4.89. The highest BCUT2D eigenvalue weighted by Crippen LogP contribution is 2.23. The van der Waals surface area contributed by atoms with E-state index in [-0.39, 0.29) is 12.1 Å². The highest BCUT2D eigenvalue weighted by molar-refractivity contribution is 5.78. The van der Waals surface area contributed by atoms with Crippen LogP contribution in [0.15, 0.2) is 29.0 Å². The van der Waals surface area contributed by atoms with Gasteiger partial charge in [-0.2, -0.15) is 0 Å². The van der Waals surface area contributed by atoms with Crippen molar-refractivity contribution in [1.29, 1.82) is 0 Å². The van der Waals surface area contributed by atoms with Crippen LogP contribution in [0.2, 0.25) is 0 Å². The van der Waals surface area contributed by atoms with Gasteiger partial charge in [-0.15, -0.1) is 0 Å². The molecule has 0 radical (unpaired) electrons. The highest BCUT2D eigenvalue weighted by Gasteiger charge is 2.29. The number of urea groups is 1. The van der Waals surface area contributed by atoms with E-state index in [4.69, 9.17) is 10.2 Å². The Hall–Kier alpha value is -2.08. The van der Waals surface area contributed by atoms with Crippen molar-refractivity contribution in [1.82, 2.24) is 15.2 Å². The Morgan fingerprint density at radius 1 is 1.53 bits per heavy atom. The molecule has 6 nitrogen and oxygen atoms in total. The SMILES string of the molecule is NCCCN1CC(c2ccc3ncoc3c2)NC1=O. The lowest BCUT2D eigenvalue weighted by Gasteiger charge is -2.13. The van der Waals surface area contributed by atoms with Crippen LogP contribution in [-0.4, -0.2) is 35.5 Å². The molecule has 0 saturated carbocycles. The molecule has 2 amide bonds. The summed E-state index contributed by atoms with van der Waals surface area (Å²) in [5, 5.41) is 2.97. The molecule has 0 aliphatic carbocycles. The van der Waals surface area contributed by atoms with Gasteiger partial charge in [0, 0.05) is 13.1 Å². The second-order valence-electron chi connectivity index (χ2n) is 4.67. The molecule has 0 spiro atoms. The summed E-state index contributed by atoms with van der Waals surface area (Å²) in [5.41, 5.74) is 8.08. The number of fused-ring (bicyclic) bond motifs is 1. The molecule has 19 heavy (non-hydrogen) atoms. The number of rotatable bonds is 4. The molecular weight excluding hydrogens is 244 g/mol. The van der Waals surface area contributed by atoms with E-state index in [9.17, 15) is 4.79 Å². The number of oxazole rings is 1. The molecule has 1 aliphatic heterocycles. The summed E-state index contributed by atoms with van der Waals surface area (Å²) in [6, 6.07) is 5.78. The average Bonchev–Trinajstić information content (AvgIpc) is 3.02. The van der Waals surface area contributed by atoms with E-state index in [0.717, 1.165) is 23.1 Å². The first-order valence-corrected chi connectivity index (χ1v) is 6.36. The van der Waals surface area contributed by atoms with Crippen molar-refractivity contribution in [2.75, 3.05) is 19.6 Å². The Bertz CT molecular complexity index is 595. The highest BCUT2D eigenvalue weighted by atomic mass is 16.3. The van der Waals surface area contributed by atoms with Gasteiger partial charge in [0.15, 0.2) is 12.0 Å². The molecule has 100 valence electrons. The summed E-state index contributed by atoms with van der Waals surface area (Å²) < 4.78 is 5.28. The molecule has 1 fully saturated rings. The standard InChI is InChI=1S/C13H16N4O2/c14-4-1-5-17-7-11(16-13(17)18)9-2-3-10-12(6-9)19-8-15-10/h2-3,6,8,11H,1,4-5,7,14H2,(H,16,18). The zero-order valence-electron chi connectivity index (χ0n) is 10.5. The van der Waals surface area contributed by atoms with Crippen molar-refractivity contribution < 1.29 is 9.21 Å². The summed E-state index contributed by atoms with van der Waals surface area (Å²) in [6.07, 6.45) is 2.25. The van der Waals surface area contributed by atoms with E-state index >= 15 is 0 Å². The minimum atomic E-state index is -0.0314. The van der Waals surface area contributed by atoms with E-state index in [0.29, 0.717) is 19.6 Å². The molecule has 1 aliphatic rings. The van der Waals surface area contributed by atoms with Crippen molar-refractivity contribution in [2.45, 2.75) is 12.5 Å². The smallest absolute Gasteiger partial charge is 0.318 e. The van der Waals surface area contributed by atoms with Crippen LogP contribution in [0.4, 0.5) is 4.79 Å². The number of nitrogens with two attached hydrogens (primary N) is 1. The van der Waals surface area contributed by atoms with Gasteiger partial charge in [-0.05, 0) is 30.7 Å². The Morgan fingerprint density at radius 2 is 2.42 bits per heavy atom. The molecular formula is C13H16N4O2. The molecule has 3 N–H and O–H groups in total. The van der Waals surface area contributed by atoms with Gasteiger partial charge < -0.3 is 20.4 Å². The maximum Gasteiger partial charge on any atom is 0.318 e. The molecule has 2 heterocycles.